The molecule has 144 valence electrons. The molecule has 2 heterocycles. The zero-order valence-electron chi connectivity index (χ0n) is 15.2. The summed E-state index contributed by atoms with van der Waals surface area (Å²) in [5.74, 6) is -0.110. The van der Waals surface area contributed by atoms with Gasteiger partial charge >= 0.3 is 0 Å². The van der Waals surface area contributed by atoms with Crippen molar-refractivity contribution in [3.05, 3.63) is 64.6 Å². The van der Waals surface area contributed by atoms with Gasteiger partial charge in [0.25, 0.3) is 0 Å². The van der Waals surface area contributed by atoms with Gasteiger partial charge in [0.05, 0.1) is 41.7 Å². The number of anilines is 2. The van der Waals surface area contributed by atoms with Crippen LogP contribution in [0.15, 0.2) is 53.9 Å². The molecule has 4 rings (SSSR count). The maximum absolute atomic E-state index is 12.6. The molecule has 3 aromatic rings. The molecular formula is C21H20ClN3O2S. The van der Waals surface area contributed by atoms with Crippen molar-refractivity contribution in [2.75, 3.05) is 36.5 Å². The van der Waals surface area contributed by atoms with Crippen LogP contribution in [0.1, 0.15) is 5.69 Å². The van der Waals surface area contributed by atoms with E-state index >= 15 is 0 Å². The average Bonchev–Trinajstić information content (AvgIpc) is 3.18. The monoisotopic (exact) mass is 413 g/mol. The standard InChI is InChI=1S/C21H20ClN3O2S/c22-17-7-4-8-18(20(17)25-9-11-27-12-10-25)24-19(26)13-16-14-28-21(23-16)15-5-2-1-3-6-15/h1-8,14H,9-13H2,(H,24,26). The molecule has 7 heteroatoms. The molecule has 2 aromatic carbocycles. The second-order valence-electron chi connectivity index (χ2n) is 6.47. The fourth-order valence-corrected chi connectivity index (χ4v) is 4.30. The third kappa shape index (κ3) is 4.35. The van der Waals surface area contributed by atoms with E-state index in [1.165, 1.54) is 0 Å². The van der Waals surface area contributed by atoms with Crippen molar-refractivity contribution >= 4 is 40.2 Å². The number of thiazole rings is 1. The van der Waals surface area contributed by atoms with Crippen molar-refractivity contribution in [3.8, 4) is 10.6 Å². The number of hydrogen-bond donors (Lipinski definition) is 1. The van der Waals surface area contributed by atoms with E-state index in [1.54, 1.807) is 11.3 Å². The van der Waals surface area contributed by atoms with Gasteiger partial charge in [-0.15, -0.1) is 11.3 Å². The van der Waals surface area contributed by atoms with Gasteiger partial charge in [0, 0.05) is 24.0 Å². The van der Waals surface area contributed by atoms with Crippen LogP contribution in [0.2, 0.25) is 5.02 Å². The minimum atomic E-state index is -0.110. The third-order valence-corrected chi connectivity index (χ3v) is 5.75. The van der Waals surface area contributed by atoms with Gasteiger partial charge in [0.1, 0.15) is 5.01 Å². The summed E-state index contributed by atoms with van der Waals surface area (Å²) in [6.45, 7) is 2.80. The lowest BCUT2D eigenvalue weighted by molar-refractivity contribution is -0.115. The van der Waals surface area contributed by atoms with Crippen LogP contribution in [0.4, 0.5) is 11.4 Å². The number of hydrogen-bond acceptors (Lipinski definition) is 5. The van der Waals surface area contributed by atoms with E-state index in [4.69, 9.17) is 16.3 Å². The summed E-state index contributed by atoms with van der Waals surface area (Å²) in [7, 11) is 0. The first-order valence-corrected chi connectivity index (χ1v) is 10.4. The molecule has 1 N–H and O–H groups in total. The van der Waals surface area contributed by atoms with Gasteiger partial charge in [0.15, 0.2) is 0 Å². The molecule has 0 aliphatic carbocycles. The maximum atomic E-state index is 12.6. The number of morpholine rings is 1. The number of halogens is 1. The number of aromatic nitrogens is 1. The van der Waals surface area contributed by atoms with Crippen molar-refractivity contribution in [3.63, 3.8) is 0 Å². The molecule has 1 aliphatic heterocycles. The Kier molecular flexibility index (Phi) is 5.90. The van der Waals surface area contributed by atoms with Gasteiger partial charge in [-0.3, -0.25) is 4.79 Å². The van der Waals surface area contributed by atoms with E-state index in [0.717, 1.165) is 40.7 Å². The molecule has 1 fully saturated rings. The Hall–Kier alpha value is -2.41. The van der Waals surface area contributed by atoms with Crippen LogP contribution in [-0.4, -0.2) is 37.2 Å². The summed E-state index contributed by atoms with van der Waals surface area (Å²) in [6.07, 6.45) is 0.221. The van der Waals surface area contributed by atoms with Crippen molar-refractivity contribution < 1.29 is 9.53 Å². The zero-order chi connectivity index (χ0) is 19.3. The van der Waals surface area contributed by atoms with E-state index in [1.807, 2.05) is 53.9 Å². The molecule has 0 atom stereocenters. The van der Waals surface area contributed by atoms with E-state index in [9.17, 15) is 4.79 Å². The molecule has 1 aromatic heterocycles. The predicted molar refractivity (Wildman–Crippen MR) is 114 cm³/mol. The second-order valence-corrected chi connectivity index (χ2v) is 7.74. The number of carbonyl (C=O) groups is 1. The van der Waals surface area contributed by atoms with E-state index < -0.39 is 0 Å². The zero-order valence-corrected chi connectivity index (χ0v) is 16.8. The Morgan fingerprint density at radius 2 is 1.93 bits per heavy atom. The molecule has 1 saturated heterocycles. The Labute approximate surface area is 172 Å². The van der Waals surface area contributed by atoms with Gasteiger partial charge in [0.2, 0.25) is 5.91 Å². The normalized spacial score (nSPS) is 14.1. The highest BCUT2D eigenvalue weighted by molar-refractivity contribution is 7.13. The van der Waals surface area contributed by atoms with Crippen LogP contribution in [0.5, 0.6) is 0 Å². The van der Waals surface area contributed by atoms with E-state index in [2.05, 4.69) is 15.2 Å². The maximum Gasteiger partial charge on any atom is 0.230 e. The summed E-state index contributed by atoms with van der Waals surface area (Å²) >= 11 is 7.98. The van der Waals surface area contributed by atoms with Crippen LogP contribution in [-0.2, 0) is 16.0 Å². The van der Waals surface area contributed by atoms with Crippen LogP contribution in [0, 0.1) is 0 Å². The van der Waals surface area contributed by atoms with Crippen molar-refractivity contribution in [2.45, 2.75) is 6.42 Å². The lowest BCUT2D eigenvalue weighted by atomic mass is 10.2. The van der Waals surface area contributed by atoms with Gasteiger partial charge in [-0.05, 0) is 12.1 Å². The van der Waals surface area contributed by atoms with Crippen LogP contribution in [0.25, 0.3) is 10.6 Å². The molecule has 1 aliphatic rings. The first kappa shape index (κ1) is 18.9. The topological polar surface area (TPSA) is 54.5 Å². The van der Waals surface area contributed by atoms with Crippen molar-refractivity contribution in [2.24, 2.45) is 0 Å². The molecule has 0 saturated carbocycles. The van der Waals surface area contributed by atoms with Gasteiger partial charge in [-0.25, -0.2) is 4.98 Å². The smallest absolute Gasteiger partial charge is 0.230 e. The third-order valence-electron chi connectivity index (χ3n) is 4.50. The Balaban J connectivity index is 1.47. The van der Waals surface area contributed by atoms with Crippen LogP contribution < -0.4 is 10.2 Å². The summed E-state index contributed by atoms with van der Waals surface area (Å²) in [5.41, 5.74) is 3.39. The molecule has 0 bridgehead atoms. The number of nitrogens with zero attached hydrogens (tertiary/aromatic N) is 2. The largest absolute Gasteiger partial charge is 0.378 e. The number of nitrogens with one attached hydrogen (secondary N) is 1. The van der Waals surface area contributed by atoms with Gasteiger partial charge < -0.3 is 15.0 Å². The molecule has 5 nitrogen and oxygen atoms in total. The fourth-order valence-electron chi connectivity index (χ4n) is 3.18. The minimum Gasteiger partial charge on any atom is -0.378 e. The fraction of sp³-hybridized carbons (Fsp3) is 0.238. The highest BCUT2D eigenvalue weighted by Gasteiger charge is 2.19. The average molecular weight is 414 g/mol. The van der Waals surface area contributed by atoms with Gasteiger partial charge in [-0.2, -0.15) is 0 Å². The number of amides is 1. The summed E-state index contributed by atoms with van der Waals surface area (Å²) in [4.78, 5) is 19.4. The van der Waals surface area contributed by atoms with Gasteiger partial charge in [-0.1, -0.05) is 48.0 Å². The van der Waals surface area contributed by atoms with E-state index in [0.29, 0.717) is 18.2 Å². The molecular weight excluding hydrogens is 394 g/mol. The minimum absolute atomic E-state index is 0.110. The number of ether oxygens (including phenoxy) is 1. The van der Waals surface area contributed by atoms with E-state index in [-0.39, 0.29) is 12.3 Å². The second kappa shape index (κ2) is 8.73. The number of carbonyl (C=O) groups excluding carboxylic acids is 1. The molecule has 0 spiro atoms. The Morgan fingerprint density at radius 3 is 2.71 bits per heavy atom. The lowest BCUT2D eigenvalue weighted by Crippen LogP contribution is -2.37. The predicted octanol–water partition coefficient (Wildman–Crippen LogP) is 4.48. The highest BCUT2D eigenvalue weighted by atomic mass is 35.5. The molecule has 28 heavy (non-hydrogen) atoms. The van der Waals surface area contributed by atoms with Crippen LogP contribution >= 0.6 is 22.9 Å². The number of rotatable bonds is 5. The quantitative estimate of drug-likeness (QED) is 0.670. The number of benzene rings is 2. The molecule has 0 unspecified atom stereocenters. The lowest BCUT2D eigenvalue weighted by Gasteiger charge is -2.31. The Bertz CT molecular complexity index is 955. The molecule has 1 amide bonds. The first-order chi connectivity index (χ1) is 13.7. The Morgan fingerprint density at radius 1 is 1.14 bits per heavy atom. The summed E-state index contributed by atoms with van der Waals surface area (Å²) < 4.78 is 5.42. The van der Waals surface area contributed by atoms with Crippen molar-refractivity contribution in [1.29, 1.82) is 0 Å². The first-order valence-electron chi connectivity index (χ1n) is 9.11. The number of para-hydroxylation sites is 1. The SMILES string of the molecule is O=C(Cc1csc(-c2ccccc2)n1)Nc1cccc(Cl)c1N1CCOCC1. The highest BCUT2D eigenvalue weighted by Crippen LogP contribution is 2.34. The van der Waals surface area contributed by atoms with Crippen molar-refractivity contribution in [1.82, 2.24) is 4.98 Å². The van der Waals surface area contributed by atoms with Crippen LogP contribution in [0.3, 0.4) is 0 Å². The molecule has 0 radical (unpaired) electrons. The summed E-state index contributed by atoms with van der Waals surface area (Å²) in [6, 6.07) is 15.5. The summed E-state index contributed by atoms with van der Waals surface area (Å²) in [5, 5.41) is 6.48.